The van der Waals surface area contributed by atoms with E-state index in [2.05, 4.69) is 26.5 Å². The second kappa shape index (κ2) is 3.38. The number of rotatable bonds is 1. The van der Waals surface area contributed by atoms with E-state index in [9.17, 15) is 0 Å². The van der Waals surface area contributed by atoms with Gasteiger partial charge in [-0.25, -0.2) is 0 Å². The van der Waals surface area contributed by atoms with Crippen LogP contribution in [-0.2, 0) is 0 Å². The van der Waals surface area contributed by atoms with Gasteiger partial charge in [-0.3, -0.25) is 0 Å². The van der Waals surface area contributed by atoms with Crippen molar-refractivity contribution in [2.75, 3.05) is 0 Å². The van der Waals surface area contributed by atoms with E-state index in [-0.39, 0.29) is 11.6 Å². The van der Waals surface area contributed by atoms with Crippen molar-refractivity contribution >= 4 is 6.08 Å². The van der Waals surface area contributed by atoms with E-state index >= 15 is 0 Å². The van der Waals surface area contributed by atoms with Gasteiger partial charge in [0.05, 0.1) is 0 Å². The fourth-order valence-electron chi connectivity index (χ4n) is 2.06. The number of ether oxygens (including phenoxy) is 1. The summed E-state index contributed by atoms with van der Waals surface area (Å²) in [6.45, 7) is 7.89. The Morgan fingerprint density at radius 3 is 2.93 bits per heavy atom. The van der Waals surface area contributed by atoms with Crippen LogP contribution in [0.5, 0.6) is 5.75 Å². The van der Waals surface area contributed by atoms with Gasteiger partial charge in [-0.15, -0.1) is 0 Å². The number of hydrogen-bond donors (Lipinski definition) is 1. The zero-order valence-electron chi connectivity index (χ0n) is 9.29. The third kappa shape index (κ3) is 1.90. The van der Waals surface area contributed by atoms with Crippen LogP contribution < -0.4 is 10.5 Å². The lowest BCUT2D eigenvalue weighted by atomic mass is 9.89. The van der Waals surface area contributed by atoms with Crippen LogP contribution in [0.25, 0.3) is 6.08 Å². The van der Waals surface area contributed by atoms with E-state index in [1.807, 2.05) is 18.2 Å². The van der Waals surface area contributed by atoms with E-state index in [0.717, 1.165) is 23.3 Å². The minimum Gasteiger partial charge on any atom is -0.487 e. The molecule has 1 heterocycles. The van der Waals surface area contributed by atoms with Gasteiger partial charge in [-0.05, 0) is 31.5 Å². The molecule has 2 heteroatoms. The SMILES string of the molecule is C=Cc1ccc2c(c1)[C@@H](N)CC(C)(C)O2. The molecule has 0 saturated heterocycles. The average molecular weight is 203 g/mol. The zero-order chi connectivity index (χ0) is 11.1. The summed E-state index contributed by atoms with van der Waals surface area (Å²) in [5, 5.41) is 0. The first-order valence-electron chi connectivity index (χ1n) is 5.23. The van der Waals surface area contributed by atoms with Crippen LogP contribution in [0.4, 0.5) is 0 Å². The molecule has 0 bridgehead atoms. The Labute approximate surface area is 90.7 Å². The van der Waals surface area contributed by atoms with Gasteiger partial charge in [0, 0.05) is 18.0 Å². The third-order valence-corrected chi connectivity index (χ3v) is 2.77. The third-order valence-electron chi connectivity index (χ3n) is 2.77. The van der Waals surface area contributed by atoms with Crippen molar-refractivity contribution in [3.8, 4) is 5.75 Å². The first-order chi connectivity index (χ1) is 7.02. The van der Waals surface area contributed by atoms with Gasteiger partial charge in [-0.2, -0.15) is 0 Å². The summed E-state index contributed by atoms with van der Waals surface area (Å²) >= 11 is 0. The quantitative estimate of drug-likeness (QED) is 0.761. The smallest absolute Gasteiger partial charge is 0.124 e. The molecule has 2 rings (SSSR count). The van der Waals surface area contributed by atoms with Crippen LogP contribution in [0.15, 0.2) is 24.8 Å². The molecule has 0 unspecified atom stereocenters. The maximum atomic E-state index is 6.13. The van der Waals surface area contributed by atoms with Gasteiger partial charge < -0.3 is 10.5 Å². The zero-order valence-corrected chi connectivity index (χ0v) is 9.29. The molecule has 0 radical (unpaired) electrons. The van der Waals surface area contributed by atoms with E-state index in [0.29, 0.717) is 0 Å². The van der Waals surface area contributed by atoms with Crippen molar-refractivity contribution in [2.45, 2.75) is 31.9 Å². The van der Waals surface area contributed by atoms with Gasteiger partial charge in [0.2, 0.25) is 0 Å². The molecular formula is C13H17NO. The Hall–Kier alpha value is -1.28. The van der Waals surface area contributed by atoms with Crippen LogP contribution in [0.2, 0.25) is 0 Å². The Morgan fingerprint density at radius 2 is 2.27 bits per heavy atom. The Morgan fingerprint density at radius 1 is 1.53 bits per heavy atom. The van der Waals surface area contributed by atoms with Crippen molar-refractivity contribution in [1.82, 2.24) is 0 Å². The summed E-state index contributed by atoms with van der Waals surface area (Å²) in [5.41, 5.74) is 8.15. The molecule has 15 heavy (non-hydrogen) atoms. The van der Waals surface area contributed by atoms with E-state index in [4.69, 9.17) is 10.5 Å². The number of fused-ring (bicyclic) bond motifs is 1. The van der Waals surface area contributed by atoms with Crippen LogP contribution in [0, 0.1) is 0 Å². The summed E-state index contributed by atoms with van der Waals surface area (Å²) in [7, 11) is 0. The molecule has 1 aliphatic heterocycles. The minimum atomic E-state index is -0.165. The Balaban J connectivity index is 2.45. The monoisotopic (exact) mass is 203 g/mol. The topological polar surface area (TPSA) is 35.2 Å². The van der Waals surface area contributed by atoms with Crippen LogP contribution >= 0.6 is 0 Å². The maximum absolute atomic E-state index is 6.13. The molecule has 80 valence electrons. The summed E-state index contributed by atoms with van der Waals surface area (Å²) in [6, 6.07) is 6.10. The molecule has 0 fully saturated rings. The number of benzene rings is 1. The molecular weight excluding hydrogens is 186 g/mol. The molecule has 2 nitrogen and oxygen atoms in total. The van der Waals surface area contributed by atoms with Crippen molar-refractivity contribution in [2.24, 2.45) is 5.73 Å². The lowest BCUT2D eigenvalue weighted by molar-refractivity contribution is 0.0729. The first kappa shape index (κ1) is 10.2. The normalized spacial score (nSPS) is 22.7. The predicted octanol–water partition coefficient (Wildman–Crippen LogP) is 2.89. The van der Waals surface area contributed by atoms with Gasteiger partial charge in [0.25, 0.3) is 0 Å². The molecule has 1 aliphatic rings. The highest BCUT2D eigenvalue weighted by Gasteiger charge is 2.31. The average Bonchev–Trinajstić information content (AvgIpc) is 2.15. The Bertz CT molecular complexity index is 396. The molecule has 2 N–H and O–H groups in total. The molecule has 1 aromatic carbocycles. The van der Waals surface area contributed by atoms with Gasteiger partial charge in [0.1, 0.15) is 11.4 Å². The lowest BCUT2D eigenvalue weighted by Crippen LogP contribution is -2.37. The lowest BCUT2D eigenvalue weighted by Gasteiger charge is -2.36. The molecule has 0 saturated carbocycles. The largest absolute Gasteiger partial charge is 0.487 e. The predicted molar refractivity (Wildman–Crippen MR) is 62.8 cm³/mol. The van der Waals surface area contributed by atoms with Crippen LogP contribution in [0.1, 0.15) is 37.4 Å². The molecule has 1 aromatic rings. The molecule has 0 spiro atoms. The van der Waals surface area contributed by atoms with E-state index in [1.54, 1.807) is 0 Å². The van der Waals surface area contributed by atoms with Gasteiger partial charge in [0.15, 0.2) is 0 Å². The summed E-state index contributed by atoms with van der Waals surface area (Å²) < 4.78 is 5.87. The van der Waals surface area contributed by atoms with Gasteiger partial charge >= 0.3 is 0 Å². The van der Waals surface area contributed by atoms with E-state index in [1.165, 1.54) is 0 Å². The summed E-state index contributed by atoms with van der Waals surface area (Å²) in [6.07, 6.45) is 2.67. The minimum absolute atomic E-state index is 0.0589. The highest BCUT2D eigenvalue weighted by Crippen LogP contribution is 2.38. The fourth-order valence-corrected chi connectivity index (χ4v) is 2.06. The standard InChI is InChI=1S/C13H17NO/c1-4-9-5-6-12-10(7-9)11(14)8-13(2,3)15-12/h4-7,11H,1,8,14H2,2-3H3/t11-/m0/s1. The fraction of sp³-hybridized carbons (Fsp3) is 0.385. The molecule has 0 aliphatic carbocycles. The molecule has 1 atom stereocenters. The van der Waals surface area contributed by atoms with Crippen molar-refractivity contribution in [1.29, 1.82) is 0 Å². The molecule has 0 amide bonds. The highest BCUT2D eigenvalue weighted by atomic mass is 16.5. The summed E-state index contributed by atoms with van der Waals surface area (Å²) in [5.74, 6) is 0.907. The van der Waals surface area contributed by atoms with Crippen LogP contribution in [0.3, 0.4) is 0 Å². The van der Waals surface area contributed by atoms with Crippen LogP contribution in [-0.4, -0.2) is 5.60 Å². The molecule has 0 aromatic heterocycles. The maximum Gasteiger partial charge on any atom is 0.124 e. The second-order valence-electron chi connectivity index (χ2n) is 4.67. The van der Waals surface area contributed by atoms with Crippen molar-refractivity contribution in [3.05, 3.63) is 35.9 Å². The Kier molecular flexibility index (Phi) is 2.31. The second-order valence-corrected chi connectivity index (χ2v) is 4.67. The number of nitrogens with two attached hydrogens (primary N) is 1. The van der Waals surface area contributed by atoms with E-state index < -0.39 is 0 Å². The number of hydrogen-bond acceptors (Lipinski definition) is 2. The van der Waals surface area contributed by atoms with Crippen molar-refractivity contribution in [3.63, 3.8) is 0 Å². The van der Waals surface area contributed by atoms with Gasteiger partial charge in [-0.1, -0.05) is 18.7 Å². The summed E-state index contributed by atoms with van der Waals surface area (Å²) in [4.78, 5) is 0. The first-order valence-corrected chi connectivity index (χ1v) is 5.23. The highest BCUT2D eigenvalue weighted by molar-refractivity contribution is 5.53. The van der Waals surface area contributed by atoms with Crippen molar-refractivity contribution < 1.29 is 4.74 Å².